The third kappa shape index (κ3) is 4.86. The topological polar surface area (TPSA) is 28.4 Å². The fourth-order valence-electron chi connectivity index (χ4n) is 5.30. The van der Waals surface area contributed by atoms with Crippen LogP contribution in [-0.4, -0.2) is 34.3 Å². The lowest BCUT2D eigenvalue weighted by molar-refractivity contribution is 0.205. The molecule has 0 aliphatic carbocycles. The van der Waals surface area contributed by atoms with Crippen molar-refractivity contribution >= 4 is 46.5 Å². The second kappa shape index (κ2) is 11.2. The molecule has 0 atom stereocenters. The highest BCUT2D eigenvalue weighted by molar-refractivity contribution is 6.36. The maximum atomic E-state index is 9.81. The van der Waals surface area contributed by atoms with Gasteiger partial charge in [-0.25, -0.2) is 0 Å². The smallest absolute Gasteiger partial charge is 0.0610 e. The lowest BCUT2D eigenvalue weighted by atomic mass is 9.89. The van der Waals surface area contributed by atoms with Crippen LogP contribution in [0.4, 0.5) is 0 Å². The fourth-order valence-corrected chi connectivity index (χ4v) is 6.00. The first kappa shape index (κ1) is 25.1. The Morgan fingerprint density at radius 3 is 2.15 bits per heavy atom. The van der Waals surface area contributed by atoms with Crippen molar-refractivity contribution in [3.63, 3.8) is 0 Å². The van der Waals surface area contributed by atoms with Crippen molar-refractivity contribution in [2.75, 3.05) is 19.7 Å². The van der Waals surface area contributed by atoms with Crippen molar-refractivity contribution in [2.24, 2.45) is 0 Å². The van der Waals surface area contributed by atoms with Crippen molar-refractivity contribution in [1.29, 1.82) is 0 Å². The van der Waals surface area contributed by atoms with Gasteiger partial charge in [0.2, 0.25) is 0 Å². The number of fused-ring (bicyclic) bond motifs is 1. The summed E-state index contributed by atoms with van der Waals surface area (Å²) in [5, 5.41) is 12.6. The van der Waals surface area contributed by atoms with Gasteiger partial charge in [0, 0.05) is 34.0 Å². The number of aromatic nitrogens is 1. The number of likely N-dealkylation sites (tertiary alicyclic amines) is 1. The molecule has 6 heteroatoms. The lowest BCUT2D eigenvalue weighted by Crippen LogP contribution is -2.32. The third-order valence-corrected chi connectivity index (χ3v) is 7.48. The summed E-state index contributed by atoms with van der Waals surface area (Å²) in [6.07, 6.45) is 2.08. The molecule has 0 saturated carbocycles. The van der Waals surface area contributed by atoms with Crippen LogP contribution in [0.2, 0.25) is 10.0 Å². The molecule has 34 heavy (non-hydrogen) atoms. The van der Waals surface area contributed by atoms with Gasteiger partial charge in [-0.05, 0) is 66.7 Å². The molecule has 1 saturated heterocycles. The van der Waals surface area contributed by atoms with E-state index in [1.165, 1.54) is 27.7 Å². The van der Waals surface area contributed by atoms with Gasteiger partial charge in [-0.3, -0.25) is 4.90 Å². The van der Waals surface area contributed by atoms with Crippen LogP contribution in [0.15, 0.2) is 72.8 Å². The van der Waals surface area contributed by atoms with Gasteiger partial charge in [-0.1, -0.05) is 77.8 Å². The van der Waals surface area contributed by atoms with Crippen LogP contribution < -0.4 is 0 Å². The highest BCUT2D eigenvalue weighted by Gasteiger charge is 2.26. The SMILES string of the molecule is Cl.OCCn1c(-c2ccccc2)c(CN2CCC(c3c(Cl)cccc3Cl)CC2)c2ccccc21. The number of aliphatic hydroxyl groups is 1. The quantitative estimate of drug-likeness (QED) is 0.290. The molecule has 0 radical (unpaired) electrons. The van der Waals surface area contributed by atoms with Gasteiger partial charge in [-0.15, -0.1) is 12.4 Å². The molecular weight excluding hydrogens is 487 g/mol. The summed E-state index contributed by atoms with van der Waals surface area (Å²) in [6.45, 7) is 3.58. The largest absolute Gasteiger partial charge is 0.395 e. The molecule has 0 bridgehead atoms. The standard InChI is InChI=1S/C28H28Cl2N2O.ClH/c29-24-10-6-11-25(30)27(24)20-13-15-31(16-14-20)19-23-22-9-4-5-12-26(22)32(17-18-33)28(23)21-7-2-1-3-8-21;/h1-12,20,33H,13-19H2;1H. The van der Waals surface area contributed by atoms with E-state index in [-0.39, 0.29) is 19.0 Å². The van der Waals surface area contributed by atoms with Gasteiger partial charge < -0.3 is 9.67 Å². The Labute approximate surface area is 217 Å². The Kier molecular flexibility index (Phi) is 8.23. The minimum atomic E-state index is 0. The van der Waals surface area contributed by atoms with E-state index in [1.807, 2.05) is 24.3 Å². The summed E-state index contributed by atoms with van der Waals surface area (Å²) in [6, 6.07) is 24.9. The van der Waals surface area contributed by atoms with Crippen LogP contribution in [0.5, 0.6) is 0 Å². The molecule has 4 aromatic rings. The lowest BCUT2D eigenvalue weighted by Gasteiger charge is -2.33. The van der Waals surface area contributed by atoms with E-state index in [0.717, 1.165) is 48.1 Å². The van der Waals surface area contributed by atoms with Crippen LogP contribution in [0.1, 0.15) is 29.9 Å². The van der Waals surface area contributed by atoms with E-state index in [2.05, 4.69) is 58.0 Å². The zero-order chi connectivity index (χ0) is 22.8. The molecule has 3 aromatic carbocycles. The van der Waals surface area contributed by atoms with Gasteiger partial charge in [0.25, 0.3) is 0 Å². The number of hydrogen-bond acceptors (Lipinski definition) is 2. The van der Waals surface area contributed by atoms with Crippen molar-refractivity contribution in [3.05, 3.63) is 94.0 Å². The van der Waals surface area contributed by atoms with E-state index in [4.69, 9.17) is 23.2 Å². The van der Waals surface area contributed by atoms with Crippen LogP contribution in [0, 0.1) is 0 Å². The zero-order valence-electron chi connectivity index (χ0n) is 19.0. The average Bonchev–Trinajstić information content (AvgIpc) is 3.14. The summed E-state index contributed by atoms with van der Waals surface area (Å²) < 4.78 is 2.27. The van der Waals surface area contributed by atoms with E-state index < -0.39 is 0 Å². The van der Waals surface area contributed by atoms with Crippen molar-refractivity contribution in [1.82, 2.24) is 9.47 Å². The number of hydrogen-bond donors (Lipinski definition) is 1. The van der Waals surface area contributed by atoms with Crippen LogP contribution in [0.25, 0.3) is 22.2 Å². The van der Waals surface area contributed by atoms with Crippen molar-refractivity contribution in [2.45, 2.75) is 31.8 Å². The number of benzene rings is 3. The third-order valence-electron chi connectivity index (χ3n) is 6.82. The molecular formula is C28H29Cl3N2O. The molecule has 1 aliphatic heterocycles. The van der Waals surface area contributed by atoms with Crippen LogP contribution in [0.3, 0.4) is 0 Å². The number of rotatable bonds is 6. The molecule has 3 nitrogen and oxygen atoms in total. The highest BCUT2D eigenvalue weighted by Crippen LogP contribution is 2.39. The predicted octanol–water partition coefficient (Wildman–Crippen LogP) is 7.41. The number of aliphatic hydroxyl groups excluding tert-OH is 1. The van der Waals surface area contributed by atoms with Crippen LogP contribution in [-0.2, 0) is 13.1 Å². The Balaban J connectivity index is 0.00000274. The average molecular weight is 516 g/mol. The first-order valence-electron chi connectivity index (χ1n) is 11.6. The molecule has 1 aromatic heterocycles. The number of para-hydroxylation sites is 1. The molecule has 1 fully saturated rings. The Morgan fingerprint density at radius 2 is 1.47 bits per heavy atom. The van der Waals surface area contributed by atoms with Crippen LogP contribution >= 0.6 is 35.6 Å². The summed E-state index contributed by atoms with van der Waals surface area (Å²) >= 11 is 13.0. The number of halogens is 3. The highest BCUT2D eigenvalue weighted by atomic mass is 35.5. The number of nitrogens with zero attached hydrogens (tertiary/aromatic N) is 2. The molecule has 0 spiro atoms. The second-order valence-corrected chi connectivity index (χ2v) is 9.59. The van der Waals surface area contributed by atoms with E-state index in [9.17, 15) is 5.11 Å². The molecule has 5 rings (SSSR count). The monoisotopic (exact) mass is 514 g/mol. The van der Waals surface area contributed by atoms with E-state index >= 15 is 0 Å². The summed E-state index contributed by atoms with van der Waals surface area (Å²) in [4.78, 5) is 2.54. The second-order valence-electron chi connectivity index (χ2n) is 8.77. The summed E-state index contributed by atoms with van der Waals surface area (Å²) in [5.74, 6) is 0.395. The first-order chi connectivity index (χ1) is 16.2. The van der Waals surface area contributed by atoms with Gasteiger partial charge in [-0.2, -0.15) is 0 Å². The molecule has 1 aliphatic rings. The van der Waals surface area contributed by atoms with E-state index in [0.29, 0.717) is 12.5 Å². The number of piperidine rings is 1. The minimum Gasteiger partial charge on any atom is -0.395 e. The van der Waals surface area contributed by atoms with E-state index in [1.54, 1.807) is 0 Å². The fraction of sp³-hybridized carbons (Fsp3) is 0.286. The van der Waals surface area contributed by atoms with Crippen molar-refractivity contribution in [3.8, 4) is 11.3 Å². The zero-order valence-corrected chi connectivity index (χ0v) is 21.3. The predicted molar refractivity (Wildman–Crippen MR) is 145 cm³/mol. The van der Waals surface area contributed by atoms with Gasteiger partial charge >= 0.3 is 0 Å². The van der Waals surface area contributed by atoms with Gasteiger partial charge in [0.15, 0.2) is 0 Å². The first-order valence-corrected chi connectivity index (χ1v) is 12.4. The maximum absolute atomic E-state index is 9.81. The normalized spacial score (nSPS) is 14.9. The van der Waals surface area contributed by atoms with Crippen molar-refractivity contribution < 1.29 is 5.11 Å². The van der Waals surface area contributed by atoms with Gasteiger partial charge in [0.1, 0.15) is 0 Å². The molecule has 2 heterocycles. The Bertz CT molecular complexity index is 1230. The molecule has 1 N–H and O–H groups in total. The molecule has 0 amide bonds. The minimum absolute atomic E-state index is 0. The Morgan fingerprint density at radius 1 is 0.824 bits per heavy atom. The summed E-state index contributed by atoms with van der Waals surface area (Å²) in [5.41, 5.74) is 6.01. The molecule has 178 valence electrons. The maximum Gasteiger partial charge on any atom is 0.0610 e. The molecule has 0 unspecified atom stereocenters. The summed E-state index contributed by atoms with van der Waals surface area (Å²) in [7, 11) is 0. The Hall–Kier alpha value is -2.01. The van der Waals surface area contributed by atoms with Gasteiger partial charge in [0.05, 0.1) is 12.3 Å².